The first-order chi connectivity index (χ1) is 11.2. The van der Waals surface area contributed by atoms with Crippen LogP contribution in [0.4, 0.5) is 0 Å². The summed E-state index contributed by atoms with van der Waals surface area (Å²) in [6.45, 7) is 2.41. The normalized spacial score (nSPS) is 12.9. The van der Waals surface area contributed by atoms with E-state index in [0.717, 1.165) is 11.1 Å². The van der Waals surface area contributed by atoms with E-state index in [2.05, 4.69) is 15.3 Å². The van der Waals surface area contributed by atoms with Gasteiger partial charge in [0.15, 0.2) is 0 Å². The third-order valence-electron chi connectivity index (χ3n) is 3.83. The van der Waals surface area contributed by atoms with Gasteiger partial charge in [0.2, 0.25) is 5.58 Å². The van der Waals surface area contributed by atoms with Crippen molar-refractivity contribution in [1.29, 1.82) is 0 Å². The highest BCUT2D eigenvalue weighted by Crippen LogP contribution is 2.24. The Morgan fingerprint density at radius 1 is 1.26 bits per heavy atom. The number of furan rings is 2. The Bertz CT molecular complexity index is 1010. The number of rotatable bonds is 4. The van der Waals surface area contributed by atoms with Crippen molar-refractivity contribution in [2.24, 2.45) is 0 Å². The molecule has 0 radical (unpaired) electrons. The van der Waals surface area contributed by atoms with Crippen LogP contribution in [0.1, 0.15) is 24.6 Å². The molecular weight excluding hydrogens is 294 g/mol. The molecule has 23 heavy (non-hydrogen) atoms. The maximum atomic E-state index is 12.2. The van der Waals surface area contributed by atoms with Crippen LogP contribution < -0.4 is 10.9 Å². The van der Waals surface area contributed by atoms with Crippen LogP contribution in [0.2, 0.25) is 0 Å². The number of para-hydroxylation sites is 1. The predicted molar refractivity (Wildman–Crippen MR) is 86.1 cm³/mol. The maximum absolute atomic E-state index is 12.2. The Balaban J connectivity index is 1.68. The molecule has 4 rings (SSSR count). The molecule has 0 aliphatic rings. The Kier molecular flexibility index (Phi) is 3.24. The van der Waals surface area contributed by atoms with Crippen LogP contribution in [0.5, 0.6) is 0 Å². The molecule has 2 N–H and O–H groups in total. The molecule has 0 fully saturated rings. The van der Waals surface area contributed by atoms with Crippen LogP contribution in [-0.2, 0) is 6.54 Å². The van der Waals surface area contributed by atoms with Gasteiger partial charge in [0.25, 0.3) is 5.56 Å². The number of H-pyrrole nitrogens is 1. The van der Waals surface area contributed by atoms with Crippen LogP contribution in [0.3, 0.4) is 0 Å². The zero-order valence-corrected chi connectivity index (χ0v) is 12.5. The van der Waals surface area contributed by atoms with Crippen molar-refractivity contribution in [3.8, 4) is 0 Å². The minimum atomic E-state index is -0.270. The molecule has 6 heteroatoms. The molecule has 3 heterocycles. The number of benzene rings is 1. The van der Waals surface area contributed by atoms with Gasteiger partial charge in [-0.3, -0.25) is 4.79 Å². The molecule has 1 aromatic carbocycles. The first-order valence-corrected chi connectivity index (χ1v) is 7.39. The van der Waals surface area contributed by atoms with E-state index in [1.807, 2.05) is 43.3 Å². The Morgan fingerprint density at radius 3 is 2.96 bits per heavy atom. The molecular formula is C17H15N3O3. The highest BCUT2D eigenvalue weighted by molar-refractivity contribution is 6.01. The summed E-state index contributed by atoms with van der Waals surface area (Å²) in [5.74, 6) is 1.40. The molecule has 0 bridgehead atoms. The molecule has 116 valence electrons. The van der Waals surface area contributed by atoms with E-state index in [0.29, 0.717) is 23.5 Å². The first kappa shape index (κ1) is 13.8. The Hall–Kier alpha value is -2.86. The lowest BCUT2D eigenvalue weighted by Crippen LogP contribution is -2.21. The van der Waals surface area contributed by atoms with E-state index < -0.39 is 0 Å². The van der Waals surface area contributed by atoms with Crippen molar-refractivity contribution in [2.45, 2.75) is 19.5 Å². The van der Waals surface area contributed by atoms with Gasteiger partial charge in [-0.05, 0) is 31.2 Å². The quantitative estimate of drug-likeness (QED) is 0.605. The van der Waals surface area contributed by atoms with Crippen molar-refractivity contribution in [1.82, 2.24) is 15.3 Å². The number of nitrogens with zero attached hydrogens (tertiary/aromatic N) is 1. The summed E-state index contributed by atoms with van der Waals surface area (Å²) < 4.78 is 10.9. The predicted octanol–water partition coefficient (Wildman–Crippen LogP) is 3.11. The van der Waals surface area contributed by atoms with Gasteiger partial charge in [0.1, 0.15) is 22.7 Å². The molecule has 6 nitrogen and oxygen atoms in total. The van der Waals surface area contributed by atoms with E-state index in [1.165, 1.54) is 0 Å². The topological polar surface area (TPSA) is 84.1 Å². The number of nitrogens with one attached hydrogen (secondary N) is 2. The summed E-state index contributed by atoms with van der Waals surface area (Å²) in [4.78, 5) is 19.5. The van der Waals surface area contributed by atoms with Crippen LogP contribution in [0, 0.1) is 0 Å². The zero-order chi connectivity index (χ0) is 15.8. The van der Waals surface area contributed by atoms with Gasteiger partial charge in [0, 0.05) is 5.39 Å². The summed E-state index contributed by atoms with van der Waals surface area (Å²) in [6.07, 6.45) is 1.64. The van der Waals surface area contributed by atoms with Gasteiger partial charge in [-0.1, -0.05) is 12.1 Å². The minimum absolute atomic E-state index is 0.0205. The zero-order valence-electron chi connectivity index (χ0n) is 12.5. The summed E-state index contributed by atoms with van der Waals surface area (Å²) in [5.41, 5.74) is 1.24. The van der Waals surface area contributed by atoms with Crippen molar-refractivity contribution in [3.63, 3.8) is 0 Å². The number of hydrogen-bond acceptors (Lipinski definition) is 5. The number of fused-ring (bicyclic) bond motifs is 3. The van der Waals surface area contributed by atoms with Crippen LogP contribution in [-0.4, -0.2) is 9.97 Å². The molecule has 0 spiro atoms. The third-order valence-corrected chi connectivity index (χ3v) is 3.83. The lowest BCUT2D eigenvalue weighted by Gasteiger charge is -2.10. The number of aromatic amines is 1. The molecule has 0 saturated carbocycles. The Morgan fingerprint density at radius 2 is 2.13 bits per heavy atom. The van der Waals surface area contributed by atoms with E-state index in [4.69, 9.17) is 8.83 Å². The average molecular weight is 309 g/mol. The van der Waals surface area contributed by atoms with E-state index >= 15 is 0 Å². The van der Waals surface area contributed by atoms with Gasteiger partial charge in [0.05, 0.1) is 18.8 Å². The van der Waals surface area contributed by atoms with Crippen molar-refractivity contribution in [3.05, 3.63) is 64.6 Å². The summed E-state index contributed by atoms with van der Waals surface area (Å²) >= 11 is 0. The highest BCUT2D eigenvalue weighted by atomic mass is 16.3. The molecule has 0 unspecified atom stereocenters. The second-order valence-corrected chi connectivity index (χ2v) is 5.41. The number of hydrogen-bond donors (Lipinski definition) is 2. The molecule has 0 aliphatic carbocycles. The lowest BCUT2D eigenvalue weighted by molar-refractivity contribution is 0.427. The fraction of sp³-hybridized carbons (Fsp3) is 0.176. The van der Waals surface area contributed by atoms with E-state index in [9.17, 15) is 4.79 Å². The summed E-state index contributed by atoms with van der Waals surface area (Å²) in [6, 6.07) is 11.3. The molecule has 0 amide bonds. The van der Waals surface area contributed by atoms with Crippen LogP contribution >= 0.6 is 0 Å². The molecule has 4 aromatic rings. The van der Waals surface area contributed by atoms with Gasteiger partial charge in [-0.25, -0.2) is 4.98 Å². The molecule has 3 aromatic heterocycles. The van der Waals surface area contributed by atoms with Gasteiger partial charge < -0.3 is 19.1 Å². The Labute approximate surface area is 131 Å². The van der Waals surface area contributed by atoms with Crippen LogP contribution in [0.15, 0.2) is 56.3 Å². The monoisotopic (exact) mass is 309 g/mol. The van der Waals surface area contributed by atoms with Gasteiger partial charge >= 0.3 is 0 Å². The fourth-order valence-electron chi connectivity index (χ4n) is 2.62. The highest BCUT2D eigenvalue weighted by Gasteiger charge is 2.14. The maximum Gasteiger partial charge on any atom is 0.294 e. The van der Waals surface area contributed by atoms with Crippen molar-refractivity contribution in [2.75, 3.05) is 0 Å². The second kappa shape index (κ2) is 5.40. The van der Waals surface area contributed by atoms with Crippen molar-refractivity contribution >= 4 is 22.1 Å². The van der Waals surface area contributed by atoms with E-state index in [-0.39, 0.29) is 17.2 Å². The molecule has 0 saturated heterocycles. The van der Waals surface area contributed by atoms with E-state index in [1.54, 1.807) is 6.26 Å². The summed E-state index contributed by atoms with van der Waals surface area (Å²) in [5, 5.41) is 4.12. The summed E-state index contributed by atoms with van der Waals surface area (Å²) in [7, 11) is 0. The fourth-order valence-corrected chi connectivity index (χ4v) is 2.62. The lowest BCUT2D eigenvalue weighted by atomic mass is 10.2. The standard InChI is InChI=1S/C17H15N3O3/c1-10(12-7-4-8-22-12)18-9-14-19-15-11-5-2-3-6-13(11)23-16(15)17(21)20-14/h2-8,10,18H,9H2,1H3,(H,19,20,21)/t10-/m1/s1. The third kappa shape index (κ3) is 2.43. The average Bonchev–Trinajstić information content (AvgIpc) is 3.21. The minimum Gasteiger partial charge on any atom is -0.468 e. The first-order valence-electron chi connectivity index (χ1n) is 7.39. The number of aromatic nitrogens is 2. The SMILES string of the molecule is C[C@@H](NCc1nc2c(oc3ccccc32)c(=O)[nH]1)c1ccco1. The van der Waals surface area contributed by atoms with Gasteiger partial charge in [-0.15, -0.1) is 0 Å². The van der Waals surface area contributed by atoms with Crippen molar-refractivity contribution < 1.29 is 8.83 Å². The second-order valence-electron chi connectivity index (χ2n) is 5.41. The molecule has 0 aliphatic heterocycles. The van der Waals surface area contributed by atoms with Gasteiger partial charge in [-0.2, -0.15) is 0 Å². The molecule has 1 atom stereocenters. The largest absolute Gasteiger partial charge is 0.468 e. The smallest absolute Gasteiger partial charge is 0.294 e. The van der Waals surface area contributed by atoms with Crippen LogP contribution in [0.25, 0.3) is 22.1 Å².